The summed E-state index contributed by atoms with van der Waals surface area (Å²) in [6, 6.07) is 0.674. The molecular weight excluding hydrogens is 448 g/mol. The van der Waals surface area contributed by atoms with Gasteiger partial charge in [0.15, 0.2) is 0 Å². The summed E-state index contributed by atoms with van der Waals surface area (Å²) in [5.41, 5.74) is 0. The third kappa shape index (κ3) is 22.9. The zero-order valence-corrected chi connectivity index (χ0v) is 25.7. The molecule has 1 heterocycles. The van der Waals surface area contributed by atoms with Gasteiger partial charge in [-0.25, -0.2) is 4.98 Å². The van der Waals surface area contributed by atoms with Crippen molar-refractivity contribution in [2.75, 3.05) is 0 Å². The molecule has 37 heavy (non-hydrogen) atoms. The van der Waals surface area contributed by atoms with Crippen LogP contribution in [-0.2, 0) is 0 Å². The van der Waals surface area contributed by atoms with Gasteiger partial charge in [0, 0.05) is 18.4 Å². The fraction of sp³-hybridized carbons (Fsp3) is 0.914. The molecule has 0 fully saturated rings. The van der Waals surface area contributed by atoms with Crippen molar-refractivity contribution in [2.45, 2.75) is 206 Å². The van der Waals surface area contributed by atoms with Crippen LogP contribution in [0.1, 0.15) is 206 Å². The summed E-state index contributed by atoms with van der Waals surface area (Å²) in [6.07, 6.45) is 47.8. The van der Waals surface area contributed by atoms with E-state index in [0.717, 1.165) is 0 Å². The maximum absolute atomic E-state index is 4.34. The molecule has 218 valence electrons. The highest BCUT2D eigenvalue weighted by Crippen LogP contribution is 2.24. The Balaban J connectivity index is 1.94. The van der Waals surface area contributed by atoms with Gasteiger partial charge in [0.1, 0.15) is 0 Å². The van der Waals surface area contributed by atoms with E-state index in [9.17, 15) is 0 Å². The SMILES string of the molecule is CCCCCCCCCCCCCCCCCC(CCCCCCCCCCCCCC)n1ccnc1. The van der Waals surface area contributed by atoms with Crippen molar-refractivity contribution >= 4 is 0 Å². The Kier molecular flexibility index (Phi) is 26.1. The van der Waals surface area contributed by atoms with E-state index < -0.39 is 0 Å². The summed E-state index contributed by atoms with van der Waals surface area (Å²) < 4.78 is 2.39. The number of aromatic nitrogens is 2. The first-order chi connectivity index (χ1) is 18.4. The molecule has 0 spiro atoms. The average Bonchev–Trinajstić information content (AvgIpc) is 3.45. The van der Waals surface area contributed by atoms with E-state index in [-0.39, 0.29) is 0 Å². The number of unbranched alkanes of at least 4 members (excludes halogenated alkanes) is 25. The van der Waals surface area contributed by atoms with Gasteiger partial charge in [-0.3, -0.25) is 0 Å². The molecule has 0 N–H and O–H groups in total. The second-order valence-corrected chi connectivity index (χ2v) is 12.1. The van der Waals surface area contributed by atoms with Gasteiger partial charge in [0.05, 0.1) is 6.33 Å². The summed E-state index contributed by atoms with van der Waals surface area (Å²) in [7, 11) is 0. The van der Waals surface area contributed by atoms with E-state index in [2.05, 4.69) is 35.9 Å². The smallest absolute Gasteiger partial charge is 0.0948 e. The van der Waals surface area contributed by atoms with Gasteiger partial charge in [-0.2, -0.15) is 0 Å². The standard InChI is InChI=1S/C35H68N2/c1-3-5-7-9-11-13-15-17-18-19-21-23-25-27-29-31-35(37-33-32-36-34-37)30-28-26-24-22-20-16-14-12-10-8-6-4-2/h32-35H,3-31H2,1-2H3. The van der Waals surface area contributed by atoms with Crippen LogP contribution >= 0.6 is 0 Å². The Bertz CT molecular complexity index is 523. The first-order valence-corrected chi connectivity index (χ1v) is 17.4. The molecule has 0 saturated carbocycles. The first kappa shape index (κ1) is 34.2. The number of hydrogen-bond acceptors (Lipinski definition) is 1. The molecule has 0 saturated heterocycles. The maximum Gasteiger partial charge on any atom is 0.0948 e. The molecule has 0 bridgehead atoms. The minimum absolute atomic E-state index is 0.674. The van der Waals surface area contributed by atoms with Crippen molar-refractivity contribution in [3.63, 3.8) is 0 Å². The maximum atomic E-state index is 4.34. The van der Waals surface area contributed by atoms with Crippen molar-refractivity contribution in [3.05, 3.63) is 18.7 Å². The summed E-state index contributed by atoms with van der Waals surface area (Å²) in [6.45, 7) is 4.61. The van der Waals surface area contributed by atoms with Crippen LogP contribution in [0.15, 0.2) is 18.7 Å². The van der Waals surface area contributed by atoms with Crippen LogP contribution in [-0.4, -0.2) is 9.55 Å². The highest BCUT2D eigenvalue weighted by Gasteiger charge is 2.10. The Morgan fingerprint density at radius 2 is 0.730 bits per heavy atom. The molecular formula is C35H68N2. The number of nitrogens with zero attached hydrogens (tertiary/aromatic N) is 2. The molecule has 0 aliphatic carbocycles. The molecule has 1 aromatic rings. The van der Waals surface area contributed by atoms with Crippen molar-refractivity contribution in [1.82, 2.24) is 9.55 Å². The minimum Gasteiger partial charge on any atom is -0.334 e. The van der Waals surface area contributed by atoms with Gasteiger partial charge in [0.25, 0.3) is 0 Å². The molecule has 1 aromatic heterocycles. The van der Waals surface area contributed by atoms with Crippen LogP contribution < -0.4 is 0 Å². The number of hydrogen-bond donors (Lipinski definition) is 0. The molecule has 0 radical (unpaired) electrons. The summed E-state index contributed by atoms with van der Waals surface area (Å²) in [5, 5.41) is 0. The summed E-state index contributed by atoms with van der Waals surface area (Å²) >= 11 is 0. The van der Waals surface area contributed by atoms with Gasteiger partial charge in [-0.1, -0.05) is 187 Å². The minimum atomic E-state index is 0.674. The zero-order chi connectivity index (χ0) is 26.5. The lowest BCUT2D eigenvalue weighted by atomic mass is 9.99. The van der Waals surface area contributed by atoms with Gasteiger partial charge < -0.3 is 4.57 Å². The van der Waals surface area contributed by atoms with Gasteiger partial charge in [-0.15, -0.1) is 0 Å². The molecule has 0 amide bonds. The highest BCUT2D eigenvalue weighted by atomic mass is 15.0. The average molecular weight is 517 g/mol. The lowest BCUT2D eigenvalue weighted by Gasteiger charge is -2.18. The van der Waals surface area contributed by atoms with Gasteiger partial charge >= 0.3 is 0 Å². The van der Waals surface area contributed by atoms with Crippen LogP contribution in [0.5, 0.6) is 0 Å². The molecule has 0 aliphatic heterocycles. The van der Waals surface area contributed by atoms with E-state index in [1.165, 1.54) is 186 Å². The Morgan fingerprint density at radius 3 is 1.00 bits per heavy atom. The molecule has 1 atom stereocenters. The zero-order valence-electron chi connectivity index (χ0n) is 25.7. The number of imidazole rings is 1. The monoisotopic (exact) mass is 517 g/mol. The van der Waals surface area contributed by atoms with Gasteiger partial charge in [-0.05, 0) is 12.8 Å². The third-order valence-electron chi connectivity index (χ3n) is 8.48. The first-order valence-electron chi connectivity index (χ1n) is 17.4. The molecule has 0 aromatic carbocycles. The second kappa shape index (κ2) is 28.2. The van der Waals surface area contributed by atoms with Crippen molar-refractivity contribution in [3.8, 4) is 0 Å². The third-order valence-corrected chi connectivity index (χ3v) is 8.48. The summed E-state index contributed by atoms with van der Waals surface area (Å²) in [4.78, 5) is 4.34. The van der Waals surface area contributed by atoms with Crippen LogP contribution in [0.3, 0.4) is 0 Å². The van der Waals surface area contributed by atoms with Crippen LogP contribution in [0.25, 0.3) is 0 Å². The topological polar surface area (TPSA) is 17.8 Å². The molecule has 1 unspecified atom stereocenters. The Labute approximate surface area is 234 Å². The van der Waals surface area contributed by atoms with Crippen LogP contribution in [0.4, 0.5) is 0 Å². The Hall–Kier alpha value is -0.790. The van der Waals surface area contributed by atoms with E-state index in [4.69, 9.17) is 0 Å². The largest absolute Gasteiger partial charge is 0.334 e. The lowest BCUT2D eigenvalue weighted by Crippen LogP contribution is -2.07. The van der Waals surface area contributed by atoms with E-state index in [1.54, 1.807) is 0 Å². The fourth-order valence-electron chi connectivity index (χ4n) is 5.90. The molecule has 0 aliphatic rings. The molecule has 2 heteroatoms. The van der Waals surface area contributed by atoms with Gasteiger partial charge in [0.2, 0.25) is 0 Å². The fourth-order valence-corrected chi connectivity index (χ4v) is 5.90. The lowest BCUT2D eigenvalue weighted by molar-refractivity contribution is 0.393. The number of rotatable bonds is 30. The van der Waals surface area contributed by atoms with Crippen LogP contribution in [0.2, 0.25) is 0 Å². The normalized spacial score (nSPS) is 12.4. The second-order valence-electron chi connectivity index (χ2n) is 12.1. The summed E-state index contributed by atoms with van der Waals surface area (Å²) in [5.74, 6) is 0. The van der Waals surface area contributed by atoms with E-state index >= 15 is 0 Å². The van der Waals surface area contributed by atoms with Crippen LogP contribution in [0, 0.1) is 0 Å². The molecule has 2 nitrogen and oxygen atoms in total. The van der Waals surface area contributed by atoms with Crippen molar-refractivity contribution in [2.24, 2.45) is 0 Å². The predicted octanol–water partition coefficient (Wildman–Crippen LogP) is 12.8. The van der Waals surface area contributed by atoms with E-state index in [0.29, 0.717) is 6.04 Å². The quantitative estimate of drug-likeness (QED) is 0.0929. The van der Waals surface area contributed by atoms with Crippen molar-refractivity contribution in [1.29, 1.82) is 0 Å². The van der Waals surface area contributed by atoms with E-state index in [1.807, 2.05) is 6.20 Å². The predicted molar refractivity (Wildman–Crippen MR) is 167 cm³/mol. The highest BCUT2D eigenvalue weighted by molar-refractivity contribution is 4.80. The molecule has 1 rings (SSSR count). The van der Waals surface area contributed by atoms with Crippen molar-refractivity contribution < 1.29 is 0 Å². The Morgan fingerprint density at radius 1 is 0.432 bits per heavy atom.